The molecule has 0 aliphatic carbocycles. The lowest BCUT2D eigenvalue weighted by molar-refractivity contribution is 0.337. The summed E-state index contributed by atoms with van der Waals surface area (Å²) in [5.41, 5.74) is 0.830. The van der Waals surface area contributed by atoms with Gasteiger partial charge in [-0.25, -0.2) is 8.42 Å². The van der Waals surface area contributed by atoms with E-state index in [9.17, 15) is 8.42 Å². The number of sulfone groups is 1. The van der Waals surface area contributed by atoms with E-state index in [0.717, 1.165) is 12.0 Å². The first-order valence-corrected chi connectivity index (χ1v) is 8.77. The third-order valence-corrected chi connectivity index (χ3v) is 5.86. The number of hydrogen-bond donors (Lipinski definition) is 1. The summed E-state index contributed by atoms with van der Waals surface area (Å²) in [5.74, 6) is 0.512. The Balaban J connectivity index is 2.14. The lowest BCUT2D eigenvalue weighted by Crippen LogP contribution is -2.45. The molecule has 2 atom stereocenters. The molecule has 1 aromatic rings. The average molecular weight is 302 g/mol. The number of benzene rings is 1. The molecule has 0 amide bonds. The van der Waals surface area contributed by atoms with Gasteiger partial charge in [0, 0.05) is 16.6 Å². The van der Waals surface area contributed by atoms with Crippen LogP contribution in [0.25, 0.3) is 0 Å². The minimum absolute atomic E-state index is 0.163. The van der Waals surface area contributed by atoms with Gasteiger partial charge < -0.3 is 5.32 Å². The van der Waals surface area contributed by atoms with Crippen LogP contribution in [0.2, 0.25) is 5.02 Å². The SMILES string of the molecule is CCC(NC1(C)CCS(=O)(=O)C1)c1ccc(Cl)cc1. The zero-order valence-electron chi connectivity index (χ0n) is 11.3. The van der Waals surface area contributed by atoms with Crippen molar-refractivity contribution in [2.45, 2.75) is 38.3 Å². The van der Waals surface area contributed by atoms with Crippen LogP contribution in [0.1, 0.15) is 38.3 Å². The molecule has 0 spiro atoms. The van der Waals surface area contributed by atoms with Gasteiger partial charge in [-0.15, -0.1) is 0 Å². The maximum absolute atomic E-state index is 11.6. The molecule has 0 bridgehead atoms. The summed E-state index contributed by atoms with van der Waals surface area (Å²) < 4.78 is 23.3. The third-order valence-electron chi connectivity index (χ3n) is 3.71. The Morgan fingerprint density at radius 2 is 2.00 bits per heavy atom. The van der Waals surface area contributed by atoms with Crippen LogP contribution in [0.4, 0.5) is 0 Å². The molecular formula is C14H20ClNO2S. The quantitative estimate of drug-likeness (QED) is 0.930. The maximum Gasteiger partial charge on any atom is 0.152 e. The fraction of sp³-hybridized carbons (Fsp3) is 0.571. The van der Waals surface area contributed by atoms with Gasteiger partial charge in [0.05, 0.1) is 11.5 Å². The van der Waals surface area contributed by atoms with Crippen molar-refractivity contribution >= 4 is 21.4 Å². The fourth-order valence-electron chi connectivity index (χ4n) is 2.66. The van der Waals surface area contributed by atoms with Crippen LogP contribution < -0.4 is 5.32 Å². The summed E-state index contributed by atoms with van der Waals surface area (Å²) in [6.07, 6.45) is 1.59. The maximum atomic E-state index is 11.6. The lowest BCUT2D eigenvalue weighted by Gasteiger charge is -2.30. The Labute approximate surface area is 120 Å². The highest BCUT2D eigenvalue weighted by molar-refractivity contribution is 7.91. The highest BCUT2D eigenvalue weighted by Crippen LogP contribution is 2.28. The van der Waals surface area contributed by atoms with E-state index in [4.69, 9.17) is 11.6 Å². The number of hydrogen-bond acceptors (Lipinski definition) is 3. The van der Waals surface area contributed by atoms with Crippen LogP contribution in [-0.2, 0) is 9.84 Å². The second-order valence-electron chi connectivity index (χ2n) is 5.56. The van der Waals surface area contributed by atoms with Gasteiger partial charge in [-0.2, -0.15) is 0 Å². The molecule has 0 radical (unpaired) electrons. The molecule has 1 N–H and O–H groups in total. The number of rotatable bonds is 4. The molecule has 3 nitrogen and oxygen atoms in total. The highest BCUT2D eigenvalue weighted by atomic mass is 35.5. The van der Waals surface area contributed by atoms with Gasteiger partial charge in [-0.05, 0) is 37.5 Å². The summed E-state index contributed by atoms with van der Waals surface area (Å²) in [4.78, 5) is 0. The van der Waals surface area contributed by atoms with Gasteiger partial charge in [0.2, 0.25) is 0 Å². The molecule has 19 heavy (non-hydrogen) atoms. The minimum Gasteiger partial charge on any atom is -0.304 e. The highest BCUT2D eigenvalue weighted by Gasteiger charge is 2.39. The van der Waals surface area contributed by atoms with Crippen molar-refractivity contribution in [3.05, 3.63) is 34.9 Å². The first kappa shape index (κ1) is 14.8. The normalized spacial score (nSPS) is 27.3. The second-order valence-corrected chi connectivity index (χ2v) is 8.18. The molecule has 2 unspecified atom stereocenters. The van der Waals surface area contributed by atoms with Crippen molar-refractivity contribution in [2.24, 2.45) is 0 Å². The molecule has 1 saturated heterocycles. The number of nitrogens with one attached hydrogen (secondary N) is 1. The Hall–Kier alpha value is -0.580. The minimum atomic E-state index is -2.88. The molecule has 1 aliphatic rings. The molecule has 1 aliphatic heterocycles. The van der Waals surface area contributed by atoms with Crippen LogP contribution in [-0.4, -0.2) is 25.5 Å². The first-order chi connectivity index (χ1) is 8.84. The van der Waals surface area contributed by atoms with Gasteiger partial charge >= 0.3 is 0 Å². The first-order valence-electron chi connectivity index (χ1n) is 6.57. The zero-order valence-corrected chi connectivity index (χ0v) is 12.9. The molecule has 1 fully saturated rings. The molecule has 2 rings (SSSR count). The van der Waals surface area contributed by atoms with Gasteiger partial charge in [0.1, 0.15) is 0 Å². The van der Waals surface area contributed by atoms with Crippen molar-refractivity contribution in [3.63, 3.8) is 0 Å². The van der Waals surface area contributed by atoms with Crippen LogP contribution in [0.3, 0.4) is 0 Å². The fourth-order valence-corrected chi connectivity index (χ4v) is 4.89. The summed E-state index contributed by atoms with van der Waals surface area (Å²) in [6.45, 7) is 4.09. The van der Waals surface area contributed by atoms with Crippen molar-refractivity contribution in [1.82, 2.24) is 5.32 Å². The predicted molar refractivity (Wildman–Crippen MR) is 79.3 cm³/mol. The summed E-state index contributed by atoms with van der Waals surface area (Å²) >= 11 is 5.89. The van der Waals surface area contributed by atoms with E-state index in [1.807, 2.05) is 31.2 Å². The van der Waals surface area contributed by atoms with Gasteiger partial charge in [-0.1, -0.05) is 30.7 Å². The van der Waals surface area contributed by atoms with E-state index in [2.05, 4.69) is 12.2 Å². The molecule has 1 aromatic carbocycles. The Bertz CT molecular complexity index is 541. The average Bonchev–Trinajstić information content (AvgIpc) is 2.62. The van der Waals surface area contributed by atoms with Crippen molar-refractivity contribution in [3.8, 4) is 0 Å². The van der Waals surface area contributed by atoms with Crippen LogP contribution in [0, 0.1) is 0 Å². The van der Waals surface area contributed by atoms with Crippen LogP contribution in [0.5, 0.6) is 0 Å². The van der Waals surface area contributed by atoms with E-state index in [-0.39, 0.29) is 23.1 Å². The summed E-state index contributed by atoms with van der Waals surface area (Å²) in [5, 5.41) is 4.23. The smallest absolute Gasteiger partial charge is 0.152 e. The van der Waals surface area contributed by atoms with Crippen LogP contribution in [0.15, 0.2) is 24.3 Å². The Kier molecular flexibility index (Phi) is 4.23. The van der Waals surface area contributed by atoms with Crippen molar-refractivity contribution in [2.75, 3.05) is 11.5 Å². The topological polar surface area (TPSA) is 46.2 Å². The van der Waals surface area contributed by atoms with E-state index in [1.54, 1.807) is 0 Å². The molecule has 1 heterocycles. The third kappa shape index (κ3) is 3.71. The largest absolute Gasteiger partial charge is 0.304 e. The van der Waals surface area contributed by atoms with Crippen molar-refractivity contribution in [1.29, 1.82) is 0 Å². The van der Waals surface area contributed by atoms with E-state index >= 15 is 0 Å². The molecule has 0 aromatic heterocycles. The summed E-state index contributed by atoms with van der Waals surface area (Å²) in [7, 11) is -2.88. The van der Waals surface area contributed by atoms with Crippen molar-refractivity contribution < 1.29 is 8.42 Å². The molecule has 106 valence electrons. The van der Waals surface area contributed by atoms with E-state index in [1.165, 1.54) is 0 Å². The summed E-state index contributed by atoms with van der Waals surface area (Å²) in [6, 6.07) is 7.90. The molecule has 0 saturated carbocycles. The molecular weight excluding hydrogens is 282 g/mol. The standard InChI is InChI=1S/C14H20ClNO2S/c1-3-13(11-4-6-12(15)7-5-11)16-14(2)8-9-19(17,18)10-14/h4-7,13,16H,3,8-10H2,1-2H3. The monoisotopic (exact) mass is 301 g/mol. The van der Waals surface area contributed by atoms with E-state index < -0.39 is 9.84 Å². The van der Waals surface area contributed by atoms with E-state index in [0.29, 0.717) is 11.4 Å². The zero-order chi connectivity index (χ0) is 14.1. The lowest BCUT2D eigenvalue weighted by atomic mass is 9.96. The number of halogens is 1. The van der Waals surface area contributed by atoms with Crippen LogP contribution >= 0.6 is 11.6 Å². The Morgan fingerprint density at radius 1 is 1.37 bits per heavy atom. The van der Waals surface area contributed by atoms with Gasteiger partial charge in [0.15, 0.2) is 9.84 Å². The van der Waals surface area contributed by atoms with Gasteiger partial charge in [0.25, 0.3) is 0 Å². The second kappa shape index (κ2) is 5.43. The predicted octanol–water partition coefficient (Wildman–Crippen LogP) is 2.96. The van der Waals surface area contributed by atoms with Gasteiger partial charge in [-0.3, -0.25) is 0 Å². The Morgan fingerprint density at radius 3 is 2.47 bits per heavy atom. The molecule has 5 heteroatoms.